The third-order valence-corrected chi connectivity index (χ3v) is 4.69. The highest BCUT2D eigenvalue weighted by Crippen LogP contribution is 2.32. The molecule has 0 saturated carbocycles. The average Bonchev–Trinajstić information content (AvgIpc) is 2.69. The molecule has 3 rings (SSSR count). The van der Waals surface area contributed by atoms with Crippen LogP contribution < -0.4 is 0 Å². The summed E-state index contributed by atoms with van der Waals surface area (Å²) in [7, 11) is 0. The minimum Gasteiger partial charge on any atom is -0.372 e. The molecule has 0 fully saturated rings. The maximum atomic E-state index is 13.5. The Balaban J connectivity index is 2.00. The molecule has 0 aliphatic rings. The lowest BCUT2D eigenvalue weighted by atomic mass is 9.92. The topological polar surface area (TPSA) is 22.1 Å². The van der Waals surface area contributed by atoms with Gasteiger partial charge in [0.25, 0.3) is 0 Å². The van der Waals surface area contributed by atoms with Crippen molar-refractivity contribution in [2.24, 2.45) is 0 Å². The number of rotatable bonds is 7. The van der Waals surface area contributed by atoms with Crippen molar-refractivity contribution in [3.05, 3.63) is 89.0 Å². The van der Waals surface area contributed by atoms with Crippen LogP contribution in [-0.4, -0.2) is 4.98 Å². The summed E-state index contributed by atoms with van der Waals surface area (Å²) >= 11 is 0. The van der Waals surface area contributed by atoms with Gasteiger partial charge >= 0.3 is 0 Å². The second-order valence-corrected chi connectivity index (χ2v) is 7.66. The molecule has 0 amide bonds. The number of halogens is 1. The van der Waals surface area contributed by atoms with E-state index < -0.39 is 0 Å². The molecule has 3 heteroatoms. The first-order chi connectivity index (χ1) is 13.5. The summed E-state index contributed by atoms with van der Waals surface area (Å²) in [6, 6.07) is 20.2. The first kappa shape index (κ1) is 20.2. The molecule has 1 heterocycles. The zero-order valence-corrected chi connectivity index (χ0v) is 17.0. The first-order valence-corrected chi connectivity index (χ1v) is 9.79. The Labute approximate surface area is 167 Å². The molecule has 0 saturated heterocycles. The van der Waals surface area contributed by atoms with Crippen LogP contribution in [0.3, 0.4) is 0 Å². The van der Waals surface area contributed by atoms with E-state index in [0.29, 0.717) is 13.2 Å². The summed E-state index contributed by atoms with van der Waals surface area (Å²) in [5.74, 6) is 0.269. The van der Waals surface area contributed by atoms with Crippen molar-refractivity contribution >= 4 is 0 Å². The smallest absolute Gasteiger partial charge is 0.123 e. The number of hydrogen-bond donors (Lipinski definition) is 0. The largest absolute Gasteiger partial charge is 0.372 e. The van der Waals surface area contributed by atoms with Crippen LogP contribution in [0.5, 0.6) is 0 Å². The van der Waals surface area contributed by atoms with Gasteiger partial charge in [0.15, 0.2) is 0 Å². The number of ether oxygens (including phenoxy) is 1. The molecule has 2 nitrogen and oxygen atoms in total. The van der Waals surface area contributed by atoms with Gasteiger partial charge in [0.2, 0.25) is 0 Å². The van der Waals surface area contributed by atoms with Gasteiger partial charge in [-0.15, -0.1) is 0 Å². The summed E-state index contributed by atoms with van der Waals surface area (Å²) in [4.78, 5) is 4.89. The van der Waals surface area contributed by atoms with Crippen molar-refractivity contribution in [2.45, 2.75) is 52.7 Å². The highest BCUT2D eigenvalue weighted by atomic mass is 19.1. The van der Waals surface area contributed by atoms with E-state index in [4.69, 9.17) is 9.72 Å². The average molecular weight is 376 g/mol. The molecule has 0 aliphatic heterocycles. The van der Waals surface area contributed by atoms with Crippen molar-refractivity contribution in [2.75, 3.05) is 0 Å². The van der Waals surface area contributed by atoms with Crippen molar-refractivity contribution in [3.63, 3.8) is 0 Å². The van der Waals surface area contributed by atoms with Crippen molar-refractivity contribution in [3.8, 4) is 11.1 Å². The normalized spacial score (nSPS) is 11.4. The van der Waals surface area contributed by atoms with Gasteiger partial charge in [-0.05, 0) is 40.7 Å². The predicted molar refractivity (Wildman–Crippen MR) is 112 cm³/mol. The maximum absolute atomic E-state index is 13.5. The van der Waals surface area contributed by atoms with Gasteiger partial charge in [-0.2, -0.15) is 0 Å². The van der Waals surface area contributed by atoms with E-state index in [2.05, 4.69) is 45.9 Å². The Kier molecular flexibility index (Phi) is 6.58. The van der Waals surface area contributed by atoms with Gasteiger partial charge in [-0.25, -0.2) is 4.39 Å². The quantitative estimate of drug-likeness (QED) is 0.460. The van der Waals surface area contributed by atoms with Crippen molar-refractivity contribution < 1.29 is 9.13 Å². The molecule has 28 heavy (non-hydrogen) atoms. The monoisotopic (exact) mass is 376 g/mol. The molecule has 1 aromatic heterocycles. The molecule has 0 N–H and O–H groups in total. The summed E-state index contributed by atoms with van der Waals surface area (Å²) in [5, 5.41) is 0. The fourth-order valence-corrected chi connectivity index (χ4v) is 3.16. The molecule has 3 aromatic rings. The van der Waals surface area contributed by atoms with E-state index in [1.54, 1.807) is 12.1 Å². The van der Waals surface area contributed by atoms with Gasteiger partial charge < -0.3 is 4.74 Å². The second-order valence-electron chi connectivity index (χ2n) is 7.66. The van der Waals surface area contributed by atoms with Gasteiger partial charge in [0.1, 0.15) is 5.82 Å². The van der Waals surface area contributed by atoms with E-state index in [9.17, 15) is 4.39 Å². The number of nitrogens with zero attached hydrogens (tertiary/aromatic N) is 1. The molecule has 0 unspecified atom stereocenters. The fraction of sp³-hybridized carbons (Fsp3) is 0.320. The SMILES string of the molecule is CC(C)c1[c]c(-c2ccc(F)cc2)c(COCc2ccccc2)c(C(C)C)n1. The second kappa shape index (κ2) is 9.11. The lowest BCUT2D eigenvalue weighted by Gasteiger charge is -2.20. The molecular formula is C25H27FNO. The van der Waals surface area contributed by atoms with Crippen LogP contribution in [0.2, 0.25) is 0 Å². The predicted octanol–water partition coefficient (Wildman–Crippen LogP) is 6.65. The number of hydrogen-bond acceptors (Lipinski definition) is 2. The molecule has 1 radical (unpaired) electrons. The Morgan fingerprint density at radius 3 is 2.18 bits per heavy atom. The van der Waals surface area contributed by atoms with Crippen LogP contribution in [-0.2, 0) is 18.0 Å². The van der Waals surface area contributed by atoms with Crippen LogP contribution >= 0.6 is 0 Å². The van der Waals surface area contributed by atoms with Crippen LogP contribution in [0.15, 0.2) is 54.6 Å². The Bertz CT molecular complexity index is 902. The Morgan fingerprint density at radius 2 is 1.57 bits per heavy atom. The lowest BCUT2D eigenvalue weighted by Crippen LogP contribution is -2.09. The zero-order chi connectivity index (χ0) is 20.1. The summed E-state index contributed by atoms with van der Waals surface area (Å²) < 4.78 is 19.5. The van der Waals surface area contributed by atoms with Crippen LogP contribution in [0, 0.1) is 11.9 Å². The molecule has 2 aromatic carbocycles. The molecular weight excluding hydrogens is 349 g/mol. The van der Waals surface area contributed by atoms with E-state index in [-0.39, 0.29) is 17.7 Å². The van der Waals surface area contributed by atoms with Gasteiger partial charge in [0.05, 0.1) is 18.9 Å². The van der Waals surface area contributed by atoms with Gasteiger partial charge in [-0.3, -0.25) is 4.98 Å². The number of benzene rings is 2. The molecule has 0 bridgehead atoms. The summed E-state index contributed by atoms with van der Waals surface area (Å²) in [6.07, 6.45) is 0. The minimum absolute atomic E-state index is 0.243. The van der Waals surface area contributed by atoms with E-state index in [0.717, 1.165) is 33.6 Å². The Morgan fingerprint density at radius 1 is 0.893 bits per heavy atom. The third kappa shape index (κ3) is 4.85. The molecule has 0 atom stereocenters. The van der Waals surface area contributed by atoms with E-state index in [1.165, 1.54) is 12.1 Å². The van der Waals surface area contributed by atoms with E-state index in [1.807, 2.05) is 18.2 Å². The zero-order valence-electron chi connectivity index (χ0n) is 17.0. The summed E-state index contributed by atoms with van der Waals surface area (Å²) in [6.45, 7) is 9.49. The number of aromatic nitrogens is 1. The number of pyridine rings is 1. The van der Waals surface area contributed by atoms with Crippen molar-refractivity contribution in [1.29, 1.82) is 0 Å². The summed E-state index contributed by atoms with van der Waals surface area (Å²) in [5.41, 5.74) is 6.00. The van der Waals surface area contributed by atoms with Gasteiger partial charge in [-0.1, -0.05) is 70.2 Å². The highest BCUT2D eigenvalue weighted by molar-refractivity contribution is 5.68. The van der Waals surface area contributed by atoms with Crippen LogP contribution in [0.4, 0.5) is 4.39 Å². The van der Waals surface area contributed by atoms with Gasteiger partial charge in [0, 0.05) is 17.3 Å². The van der Waals surface area contributed by atoms with Crippen LogP contribution in [0.25, 0.3) is 11.1 Å². The molecule has 145 valence electrons. The lowest BCUT2D eigenvalue weighted by molar-refractivity contribution is 0.106. The molecule has 0 aliphatic carbocycles. The highest BCUT2D eigenvalue weighted by Gasteiger charge is 2.18. The third-order valence-electron chi connectivity index (χ3n) is 4.69. The maximum Gasteiger partial charge on any atom is 0.123 e. The molecule has 0 spiro atoms. The first-order valence-electron chi connectivity index (χ1n) is 9.79. The van der Waals surface area contributed by atoms with E-state index >= 15 is 0 Å². The standard InChI is InChI=1S/C25H27FNO/c1-17(2)24-14-22(20-10-12-21(26)13-11-20)23(25(27-24)18(3)4)16-28-15-19-8-6-5-7-9-19/h5-13,17-18H,15-16H2,1-4H3. The fourth-order valence-electron chi connectivity index (χ4n) is 3.16. The Hall–Kier alpha value is -2.52. The van der Waals surface area contributed by atoms with Crippen molar-refractivity contribution in [1.82, 2.24) is 4.98 Å². The van der Waals surface area contributed by atoms with Crippen LogP contribution in [0.1, 0.15) is 62.0 Å². The minimum atomic E-state index is -0.243.